The molecule has 1 aliphatic heterocycles. The Kier molecular flexibility index (Phi) is 3.62. The Bertz CT molecular complexity index is 163. The first-order valence-electron chi connectivity index (χ1n) is 4.20. The summed E-state index contributed by atoms with van der Waals surface area (Å²) in [5, 5.41) is 0. The van der Waals surface area contributed by atoms with E-state index in [2.05, 4.69) is 4.90 Å². The number of halogens is 1. The molecule has 1 rings (SSSR count). The normalized spacial score (nSPS) is 25.7. The monoisotopic (exact) mass is 175 g/mol. The molecule has 1 saturated heterocycles. The molecule has 12 heavy (non-hydrogen) atoms. The molecular formula is C8H14FNO2. The van der Waals surface area contributed by atoms with Crippen molar-refractivity contribution < 1.29 is 13.9 Å². The van der Waals surface area contributed by atoms with Crippen LogP contribution in [0.2, 0.25) is 0 Å². The predicted octanol–water partition coefficient (Wildman–Crippen LogP) is 0.593. The molecule has 0 aromatic heterocycles. The van der Waals surface area contributed by atoms with Gasteiger partial charge in [0.05, 0.1) is 19.6 Å². The number of nitrogens with zero attached hydrogens (tertiary/aromatic N) is 1. The molecule has 0 aromatic rings. The van der Waals surface area contributed by atoms with Gasteiger partial charge >= 0.3 is 6.04 Å². The van der Waals surface area contributed by atoms with Crippen molar-refractivity contribution in [3.05, 3.63) is 0 Å². The minimum atomic E-state index is -1.23. The topological polar surface area (TPSA) is 29.5 Å². The van der Waals surface area contributed by atoms with Crippen LogP contribution in [-0.4, -0.2) is 43.3 Å². The quantitative estimate of drug-likeness (QED) is 0.588. The lowest BCUT2D eigenvalue weighted by Gasteiger charge is -2.32. The Morgan fingerprint density at radius 2 is 2.50 bits per heavy atom. The van der Waals surface area contributed by atoms with E-state index in [9.17, 15) is 9.18 Å². The van der Waals surface area contributed by atoms with Gasteiger partial charge in [-0.2, -0.15) is 4.39 Å². The van der Waals surface area contributed by atoms with E-state index in [1.807, 2.05) is 6.92 Å². The van der Waals surface area contributed by atoms with Crippen LogP contribution in [-0.2, 0) is 9.53 Å². The summed E-state index contributed by atoms with van der Waals surface area (Å²) in [6, 6.07) is -0.924. The number of morpholine rings is 1. The molecular weight excluding hydrogens is 161 g/mol. The van der Waals surface area contributed by atoms with Crippen LogP contribution < -0.4 is 0 Å². The van der Waals surface area contributed by atoms with Gasteiger partial charge in [-0.1, -0.05) is 0 Å². The molecule has 0 bridgehead atoms. The van der Waals surface area contributed by atoms with Gasteiger partial charge in [-0.25, -0.2) is 0 Å². The lowest BCUT2D eigenvalue weighted by Crippen LogP contribution is -2.44. The SMILES string of the molecule is CC1COCCN1CCC(=O)F. The molecule has 1 atom stereocenters. The average Bonchev–Trinajstić information content (AvgIpc) is 2.03. The Morgan fingerprint density at radius 3 is 3.08 bits per heavy atom. The Morgan fingerprint density at radius 1 is 1.75 bits per heavy atom. The van der Waals surface area contributed by atoms with Crippen molar-refractivity contribution in [3.63, 3.8) is 0 Å². The summed E-state index contributed by atoms with van der Waals surface area (Å²) in [6.07, 6.45) is 0.00431. The molecule has 1 unspecified atom stereocenters. The number of rotatable bonds is 3. The fourth-order valence-corrected chi connectivity index (χ4v) is 1.33. The van der Waals surface area contributed by atoms with Crippen molar-refractivity contribution in [3.8, 4) is 0 Å². The highest BCUT2D eigenvalue weighted by Gasteiger charge is 2.18. The van der Waals surface area contributed by atoms with E-state index >= 15 is 0 Å². The first kappa shape index (κ1) is 9.61. The van der Waals surface area contributed by atoms with Crippen LogP contribution in [0.1, 0.15) is 13.3 Å². The second kappa shape index (κ2) is 4.52. The van der Waals surface area contributed by atoms with E-state index in [-0.39, 0.29) is 6.42 Å². The van der Waals surface area contributed by atoms with Crippen LogP contribution in [0.3, 0.4) is 0 Å². The first-order chi connectivity index (χ1) is 5.70. The van der Waals surface area contributed by atoms with Crippen LogP contribution in [0, 0.1) is 0 Å². The highest BCUT2D eigenvalue weighted by molar-refractivity contribution is 5.67. The average molecular weight is 175 g/mol. The number of hydrogen-bond acceptors (Lipinski definition) is 3. The number of ether oxygens (including phenoxy) is 1. The zero-order valence-corrected chi connectivity index (χ0v) is 7.25. The van der Waals surface area contributed by atoms with Gasteiger partial charge in [0.15, 0.2) is 0 Å². The summed E-state index contributed by atoms with van der Waals surface area (Å²) in [5.41, 5.74) is 0. The fraction of sp³-hybridized carbons (Fsp3) is 0.875. The van der Waals surface area contributed by atoms with Gasteiger partial charge in [0.2, 0.25) is 0 Å². The van der Waals surface area contributed by atoms with Crippen molar-refractivity contribution in [2.75, 3.05) is 26.3 Å². The second-order valence-corrected chi connectivity index (χ2v) is 3.07. The van der Waals surface area contributed by atoms with Gasteiger partial charge in [0.25, 0.3) is 0 Å². The lowest BCUT2D eigenvalue weighted by atomic mass is 10.2. The third kappa shape index (κ3) is 2.87. The molecule has 0 amide bonds. The molecule has 1 heterocycles. The van der Waals surface area contributed by atoms with E-state index in [1.54, 1.807) is 0 Å². The van der Waals surface area contributed by atoms with E-state index in [0.717, 1.165) is 6.54 Å². The molecule has 4 heteroatoms. The molecule has 0 spiro atoms. The van der Waals surface area contributed by atoms with Gasteiger partial charge in [-0.05, 0) is 6.92 Å². The van der Waals surface area contributed by atoms with Gasteiger partial charge < -0.3 is 4.74 Å². The maximum Gasteiger partial charge on any atom is 0.302 e. The summed E-state index contributed by atoms with van der Waals surface area (Å²) >= 11 is 0. The summed E-state index contributed by atoms with van der Waals surface area (Å²) < 4.78 is 17.1. The van der Waals surface area contributed by atoms with E-state index in [1.165, 1.54) is 0 Å². The Hall–Kier alpha value is -0.480. The zero-order chi connectivity index (χ0) is 8.97. The Balaban J connectivity index is 2.24. The highest BCUT2D eigenvalue weighted by atomic mass is 19.1. The van der Waals surface area contributed by atoms with Crippen molar-refractivity contribution in [2.24, 2.45) is 0 Å². The molecule has 70 valence electrons. The minimum absolute atomic E-state index is 0.00431. The molecule has 1 fully saturated rings. The van der Waals surface area contributed by atoms with Crippen LogP contribution in [0.25, 0.3) is 0 Å². The number of carbonyl (C=O) groups is 1. The fourth-order valence-electron chi connectivity index (χ4n) is 1.33. The number of hydrogen-bond donors (Lipinski definition) is 0. The molecule has 0 aromatic carbocycles. The lowest BCUT2D eigenvalue weighted by molar-refractivity contribution is -0.130. The van der Waals surface area contributed by atoms with Crippen molar-refractivity contribution in [1.29, 1.82) is 0 Å². The van der Waals surface area contributed by atoms with Gasteiger partial charge in [0, 0.05) is 19.1 Å². The van der Waals surface area contributed by atoms with Gasteiger partial charge in [-0.15, -0.1) is 0 Å². The molecule has 0 radical (unpaired) electrons. The molecule has 0 saturated carbocycles. The largest absolute Gasteiger partial charge is 0.379 e. The maximum atomic E-state index is 11.9. The summed E-state index contributed by atoms with van der Waals surface area (Å²) in [7, 11) is 0. The molecule has 0 aliphatic carbocycles. The van der Waals surface area contributed by atoms with Crippen LogP contribution in [0.4, 0.5) is 4.39 Å². The smallest absolute Gasteiger partial charge is 0.302 e. The van der Waals surface area contributed by atoms with E-state index in [4.69, 9.17) is 4.74 Å². The third-order valence-electron chi connectivity index (χ3n) is 2.10. The zero-order valence-electron chi connectivity index (χ0n) is 7.25. The first-order valence-corrected chi connectivity index (χ1v) is 4.20. The van der Waals surface area contributed by atoms with Gasteiger partial charge in [-0.3, -0.25) is 9.69 Å². The van der Waals surface area contributed by atoms with E-state index < -0.39 is 6.04 Å². The predicted molar refractivity (Wildman–Crippen MR) is 42.6 cm³/mol. The van der Waals surface area contributed by atoms with Gasteiger partial charge in [0.1, 0.15) is 0 Å². The maximum absolute atomic E-state index is 11.9. The minimum Gasteiger partial charge on any atom is -0.379 e. The number of carbonyl (C=O) groups excluding carboxylic acids is 1. The van der Waals surface area contributed by atoms with Crippen LogP contribution in [0.5, 0.6) is 0 Å². The summed E-state index contributed by atoms with van der Waals surface area (Å²) in [5.74, 6) is 0. The van der Waals surface area contributed by atoms with E-state index in [0.29, 0.717) is 25.8 Å². The third-order valence-corrected chi connectivity index (χ3v) is 2.10. The van der Waals surface area contributed by atoms with Crippen LogP contribution in [0.15, 0.2) is 0 Å². The molecule has 3 nitrogen and oxygen atoms in total. The van der Waals surface area contributed by atoms with Crippen molar-refractivity contribution >= 4 is 6.04 Å². The summed E-state index contributed by atoms with van der Waals surface area (Å²) in [4.78, 5) is 12.1. The standard InChI is InChI=1S/C8H14FNO2/c1-7-6-12-5-4-10(7)3-2-8(9)11/h7H,2-6H2,1H3. The second-order valence-electron chi connectivity index (χ2n) is 3.07. The summed E-state index contributed by atoms with van der Waals surface area (Å²) in [6.45, 7) is 4.70. The van der Waals surface area contributed by atoms with Crippen molar-refractivity contribution in [1.82, 2.24) is 4.90 Å². The molecule has 0 N–H and O–H groups in total. The van der Waals surface area contributed by atoms with Crippen LogP contribution >= 0.6 is 0 Å². The van der Waals surface area contributed by atoms with Crippen molar-refractivity contribution in [2.45, 2.75) is 19.4 Å². The molecule has 1 aliphatic rings. The Labute approximate surface area is 71.5 Å². The highest BCUT2D eigenvalue weighted by Crippen LogP contribution is 2.06.